The molecule has 0 aromatic rings. The number of hydrogen-bond donors (Lipinski definition) is 0. The molecule has 0 aliphatic heterocycles. The minimum atomic E-state index is -4.37. The molecule has 1 unspecified atom stereocenters. The van der Waals surface area contributed by atoms with Gasteiger partial charge in [-0.3, -0.25) is 4.52 Å². The lowest BCUT2D eigenvalue weighted by atomic mass is 9.99. The SMILES string of the molecule is C=C(OP(=O)(OCC(C)(C)C)OC(=C)C(=O)OCC)C(=O)OC. The molecule has 0 aliphatic rings. The molecule has 1 atom stereocenters. The van der Waals surface area contributed by atoms with Crippen molar-refractivity contribution in [2.45, 2.75) is 27.7 Å². The summed E-state index contributed by atoms with van der Waals surface area (Å²) in [6.07, 6.45) is 0. The summed E-state index contributed by atoms with van der Waals surface area (Å²) in [5, 5.41) is 0. The van der Waals surface area contributed by atoms with Gasteiger partial charge >= 0.3 is 19.8 Å². The molecule has 0 aromatic carbocycles. The van der Waals surface area contributed by atoms with Gasteiger partial charge in [-0.2, -0.15) is 0 Å². The molecular weight excluding hydrogens is 327 g/mol. The van der Waals surface area contributed by atoms with E-state index in [0.717, 1.165) is 7.11 Å². The molecule has 0 fully saturated rings. The maximum atomic E-state index is 12.6. The molecule has 0 heterocycles. The van der Waals surface area contributed by atoms with E-state index in [1.54, 1.807) is 6.92 Å². The van der Waals surface area contributed by atoms with Crippen molar-refractivity contribution in [1.29, 1.82) is 0 Å². The number of hydrogen-bond acceptors (Lipinski definition) is 8. The van der Waals surface area contributed by atoms with E-state index in [9.17, 15) is 14.2 Å². The molecule has 0 N–H and O–H groups in total. The van der Waals surface area contributed by atoms with Gasteiger partial charge in [0.1, 0.15) is 0 Å². The molecule has 0 radical (unpaired) electrons. The van der Waals surface area contributed by atoms with Gasteiger partial charge in [0.15, 0.2) is 0 Å². The fourth-order valence-electron chi connectivity index (χ4n) is 1.01. The van der Waals surface area contributed by atoms with Crippen molar-refractivity contribution in [1.82, 2.24) is 0 Å². The molecule has 0 saturated heterocycles. The average molecular weight is 350 g/mol. The number of carbonyl (C=O) groups is 2. The van der Waals surface area contributed by atoms with Gasteiger partial charge in [0.25, 0.3) is 0 Å². The molecule has 0 amide bonds. The standard InChI is InChI=1S/C14H23O8P/c1-8-19-13(16)11(3)22-23(17,20-9-14(4,5)6)21-10(2)12(15)18-7/h2-3,8-9H2,1,4-7H3. The number of esters is 2. The summed E-state index contributed by atoms with van der Waals surface area (Å²) in [6, 6.07) is 0. The summed E-state index contributed by atoms with van der Waals surface area (Å²) in [4.78, 5) is 22.8. The first-order valence-electron chi connectivity index (χ1n) is 6.71. The van der Waals surface area contributed by atoms with Gasteiger partial charge in [-0.15, -0.1) is 0 Å². The third kappa shape index (κ3) is 8.42. The summed E-state index contributed by atoms with van der Waals surface area (Å²) >= 11 is 0. The highest BCUT2D eigenvalue weighted by atomic mass is 31.2. The van der Waals surface area contributed by atoms with Crippen LogP contribution in [0.2, 0.25) is 0 Å². The van der Waals surface area contributed by atoms with E-state index >= 15 is 0 Å². The van der Waals surface area contributed by atoms with Crippen LogP contribution in [-0.4, -0.2) is 32.3 Å². The largest absolute Gasteiger partial charge is 0.588 e. The third-order valence-electron chi connectivity index (χ3n) is 2.02. The molecule has 0 bridgehead atoms. The van der Waals surface area contributed by atoms with Crippen LogP contribution in [0, 0.1) is 5.41 Å². The lowest BCUT2D eigenvalue weighted by Crippen LogP contribution is -2.17. The lowest BCUT2D eigenvalue weighted by Gasteiger charge is -2.23. The average Bonchev–Trinajstić information content (AvgIpc) is 2.43. The summed E-state index contributed by atoms with van der Waals surface area (Å²) in [6.45, 7) is 13.6. The number of phosphoric acid groups is 1. The van der Waals surface area contributed by atoms with E-state index < -0.39 is 31.3 Å². The fourth-order valence-corrected chi connectivity index (χ4v) is 2.39. The summed E-state index contributed by atoms with van der Waals surface area (Å²) in [5.74, 6) is -3.07. The van der Waals surface area contributed by atoms with Crippen molar-refractivity contribution in [3.63, 3.8) is 0 Å². The van der Waals surface area contributed by atoms with E-state index in [2.05, 4.69) is 22.6 Å². The van der Waals surface area contributed by atoms with Crippen molar-refractivity contribution in [2.24, 2.45) is 5.41 Å². The maximum absolute atomic E-state index is 12.6. The highest BCUT2D eigenvalue weighted by Gasteiger charge is 2.37. The van der Waals surface area contributed by atoms with Crippen LogP contribution < -0.4 is 0 Å². The number of methoxy groups -OCH3 is 1. The van der Waals surface area contributed by atoms with Crippen LogP contribution in [-0.2, 0) is 37.2 Å². The Morgan fingerprint density at radius 2 is 1.52 bits per heavy atom. The Hall–Kier alpha value is -1.79. The van der Waals surface area contributed by atoms with Crippen molar-refractivity contribution in [2.75, 3.05) is 20.3 Å². The number of rotatable bonds is 9. The Balaban J connectivity index is 5.17. The Labute approximate surface area is 136 Å². The quantitative estimate of drug-likeness (QED) is 0.271. The zero-order chi connectivity index (χ0) is 18.3. The zero-order valence-corrected chi connectivity index (χ0v) is 14.9. The molecule has 0 spiro atoms. The van der Waals surface area contributed by atoms with Crippen molar-refractivity contribution in [3.8, 4) is 0 Å². The van der Waals surface area contributed by atoms with E-state index in [0.29, 0.717) is 0 Å². The topological polar surface area (TPSA) is 97.4 Å². The summed E-state index contributed by atoms with van der Waals surface area (Å²) in [5.41, 5.74) is -0.389. The first kappa shape index (κ1) is 21.2. The Morgan fingerprint density at radius 3 is 1.91 bits per heavy atom. The normalized spacial score (nSPS) is 13.4. The smallest absolute Gasteiger partial charge is 0.463 e. The zero-order valence-electron chi connectivity index (χ0n) is 14.0. The van der Waals surface area contributed by atoms with Crippen LogP contribution in [0.5, 0.6) is 0 Å². The monoisotopic (exact) mass is 350 g/mol. The second-order valence-electron chi connectivity index (χ2n) is 5.52. The second kappa shape index (κ2) is 8.74. The third-order valence-corrected chi connectivity index (χ3v) is 3.35. The fraction of sp³-hybridized carbons (Fsp3) is 0.571. The van der Waals surface area contributed by atoms with Crippen molar-refractivity contribution < 1.29 is 37.2 Å². The van der Waals surface area contributed by atoms with Crippen LogP contribution in [0.4, 0.5) is 0 Å². The maximum Gasteiger partial charge on any atom is 0.588 e. The first-order chi connectivity index (χ1) is 10.4. The van der Waals surface area contributed by atoms with Gasteiger partial charge in [-0.05, 0) is 25.5 Å². The molecule has 0 aromatic heterocycles. The summed E-state index contributed by atoms with van der Waals surface area (Å²) < 4.78 is 36.5. The van der Waals surface area contributed by atoms with Crippen molar-refractivity contribution >= 4 is 19.8 Å². The lowest BCUT2D eigenvalue weighted by molar-refractivity contribution is -0.141. The molecule has 8 nitrogen and oxygen atoms in total. The predicted molar refractivity (Wildman–Crippen MR) is 82.1 cm³/mol. The Morgan fingerprint density at radius 1 is 1.04 bits per heavy atom. The van der Waals surface area contributed by atoms with Gasteiger partial charge in [0.2, 0.25) is 11.5 Å². The van der Waals surface area contributed by atoms with Gasteiger partial charge < -0.3 is 18.5 Å². The number of phosphoric ester groups is 1. The molecule has 9 heteroatoms. The molecular formula is C14H23O8P. The van der Waals surface area contributed by atoms with Gasteiger partial charge in [0.05, 0.1) is 20.3 Å². The molecule has 0 saturated carbocycles. The summed E-state index contributed by atoms with van der Waals surface area (Å²) in [7, 11) is -3.28. The van der Waals surface area contributed by atoms with Crippen LogP contribution in [0.25, 0.3) is 0 Å². The van der Waals surface area contributed by atoms with E-state index in [1.165, 1.54) is 0 Å². The van der Waals surface area contributed by atoms with Crippen molar-refractivity contribution in [3.05, 3.63) is 24.7 Å². The van der Waals surface area contributed by atoms with Crippen LogP contribution in [0.15, 0.2) is 24.7 Å². The van der Waals surface area contributed by atoms with E-state index in [1.807, 2.05) is 20.8 Å². The Bertz CT molecular complexity index is 517. The van der Waals surface area contributed by atoms with Crippen LogP contribution >= 0.6 is 7.82 Å². The molecule has 0 aliphatic carbocycles. The molecule has 23 heavy (non-hydrogen) atoms. The predicted octanol–water partition coefficient (Wildman–Crippen LogP) is 2.95. The second-order valence-corrected chi connectivity index (χ2v) is 7.04. The first-order valence-corrected chi connectivity index (χ1v) is 8.17. The highest BCUT2D eigenvalue weighted by Crippen LogP contribution is 2.53. The molecule has 132 valence electrons. The van der Waals surface area contributed by atoms with Crippen LogP contribution in [0.3, 0.4) is 0 Å². The molecule has 0 rings (SSSR count). The van der Waals surface area contributed by atoms with E-state index in [-0.39, 0.29) is 18.6 Å². The van der Waals surface area contributed by atoms with Gasteiger partial charge in [-0.25, -0.2) is 14.2 Å². The Kier molecular flexibility index (Phi) is 8.06. The number of carbonyl (C=O) groups excluding carboxylic acids is 2. The van der Waals surface area contributed by atoms with Crippen LogP contribution in [0.1, 0.15) is 27.7 Å². The van der Waals surface area contributed by atoms with E-state index in [4.69, 9.17) is 13.6 Å². The number of ether oxygens (including phenoxy) is 2. The van der Waals surface area contributed by atoms with Gasteiger partial charge in [0, 0.05) is 0 Å². The minimum Gasteiger partial charge on any atom is -0.463 e. The van der Waals surface area contributed by atoms with Gasteiger partial charge in [-0.1, -0.05) is 20.8 Å². The minimum absolute atomic E-state index is 0.0468. The highest BCUT2D eigenvalue weighted by molar-refractivity contribution is 7.48.